The highest BCUT2D eigenvalue weighted by Crippen LogP contribution is 2.34. The maximum absolute atomic E-state index is 10.7. The zero-order valence-electron chi connectivity index (χ0n) is 8.38. The van der Waals surface area contributed by atoms with Gasteiger partial charge in [0.25, 0.3) is 0 Å². The average Bonchev–Trinajstić information content (AvgIpc) is 2.26. The molecule has 0 aliphatic carbocycles. The molecule has 1 aromatic rings. The normalized spacial score (nSPS) is 9.53. The van der Waals surface area contributed by atoms with Gasteiger partial charge in [-0.15, -0.1) is 0 Å². The standard InChI is InChI=1S/C7H9N3O5/c1-13-5-4(10(11)12)6(14-2)9-7(8-5)15-3/h1-3H3. The second kappa shape index (κ2) is 4.40. The fourth-order valence-corrected chi connectivity index (χ4v) is 0.928. The zero-order chi connectivity index (χ0) is 11.4. The van der Waals surface area contributed by atoms with E-state index in [4.69, 9.17) is 14.2 Å². The third-order valence-corrected chi connectivity index (χ3v) is 1.55. The molecular formula is C7H9N3O5. The molecule has 0 fully saturated rings. The molecule has 82 valence electrons. The van der Waals surface area contributed by atoms with Crippen molar-refractivity contribution < 1.29 is 19.1 Å². The molecule has 0 spiro atoms. The van der Waals surface area contributed by atoms with Crippen molar-refractivity contribution in [3.05, 3.63) is 10.1 Å². The Morgan fingerprint density at radius 1 is 1.07 bits per heavy atom. The third-order valence-electron chi connectivity index (χ3n) is 1.55. The Hall–Kier alpha value is -2.12. The van der Waals surface area contributed by atoms with Crippen molar-refractivity contribution in [3.63, 3.8) is 0 Å². The molecular weight excluding hydrogens is 206 g/mol. The van der Waals surface area contributed by atoms with Gasteiger partial charge < -0.3 is 14.2 Å². The Balaban J connectivity index is 3.39. The predicted molar refractivity (Wildman–Crippen MR) is 48.3 cm³/mol. The van der Waals surface area contributed by atoms with Crippen LogP contribution in [-0.4, -0.2) is 36.2 Å². The third kappa shape index (κ3) is 2.03. The van der Waals surface area contributed by atoms with Crippen LogP contribution >= 0.6 is 0 Å². The highest BCUT2D eigenvalue weighted by atomic mass is 16.6. The van der Waals surface area contributed by atoms with Gasteiger partial charge in [0.1, 0.15) is 0 Å². The number of rotatable bonds is 4. The number of hydrogen-bond donors (Lipinski definition) is 0. The van der Waals surface area contributed by atoms with Crippen LogP contribution in [0.5, 0.6) is 17.8 Å². The van der Waals surface area contributed by atoms with E-state index in [0.29, 0.717) is 0 Å². The number of aromatic nitrogens is 2. The summed E-state index contributed by atoms with van der Waals surface area (Å²) in [5.41, 5.74) is -0.430. The molecule has 1 aromatic heterocycles. The van der Waals surface area contributed by atoms with E-state index in [1.165, 1.54) is 21.3 Å². The molecule has 0 bridgehead atoms. The second-order valence-corrected chi connectivity index (χ2v) is 2.33. The summed E-state index contributed by atoms with van der Waals surface area (Å²) in [5, 5.41) is 10.7. The van der Waals surface area contributed by atoms with Crippen molar-refractivity contribution in [3.8, 4) is 17.8 Å². The van der Waals surface area contributed by atoms with E-state index in [9.17, 15) is 10.1 Å². The van der Waals surface area contributed by atoms with Gasteiger partial charge in [-0.25, -0.2) is 0 Å². The monoisotopic (exact) mass is 215 g/mol. The van der Waals surface area contributed by atoms with E-state index in [1.807, 2.05) is 0 Å². The molecule has 8 nitrogen and oxygen atoms in total. The second-order valence-electron chi connectivity index (χ2n) is 2.33. The summed E-state index contributed by atoms with van der Waals surface area (Å²) < 4.78 is 14.2. The Labute approximate surface area is 85.0 Å². The van der Waals surface area contributed by atoms with Crippen molar-refractivity contribution >= 4 is 5.69 Å². The summed E-state index contributed by atoms with van der Waals surface area (Å²) in [6.45, 7) is 0. The van der Waals surface area contributed by atoms with Crippen molar-refractivity contribution in [2.45, 2.75) is 0 Å². The maximum atomic E-state index is 10.7. The number of nitro groups is 1. The highest BCUT2D eigenvalue weighted by Gasteiger charge is 2.27. The van der Waals surface area contributed by atoms with Gasteiger partial charge in [0.15, 0.2) is 0 Å². The molecule has 0 saturated carbocycles. The van der Waals surface area contributed by atoms with Crippen LogP contribution in [-0.2, 0) is 0 Å². The first-order valence-electron chi connectivity index (χ1n) is 3.82. The lowest BCUT2D eigenvalue weighted by Crippen LogP contribution is -2.03. The summed E-state index contributed by atoms with van der Waals surface area (Å²) in [4.78, 5) is 17.3. The molecule has 0 aromatic carbocycles. The van der Waals surface area contributed by atoms with Crippen LogP contribution in [0.25, 0.3) is 0 Å². The van der Waals surface area contributed by atoms with Crippen LogP contribution in [0.15, 0.2) is 0 Å². The zero-order valence-corrected chi connectivity index (χ0v) is 8.38. The summed E-state index contributed by atoms with van der Waals surface area (Å²) in [6, 6.07) is -0.0608. The van der Waals surface area contributed by atoms with Crippen molar-refractivity contribution in [1.29, 1.82) is 0 Å². The average molecular weight is 215 g/mol. The topological polar surface area (TPSA) is 96.6 Å². The van der Waals surface area contributed by atoms with Gasteiger partial charge in [0.2, 0.25) is 0 Å². The predicted octanol–water partition coefficient (Wildman–Crippen LogP) is 0.411. The van der Waals surface area contributed by atoms with E-state index in [0.717, 1.165) is 0 Å². The van der Waals surface area contributed by atoms with Crippen molar-refractivity contribution in [2.75, 3.05) is 21.3 Å². The molecule has 0 aliphatic rings. The van der Waals surface area contributed by atoms with E-state index in [1.54, 1.807) is 0 Å². The first kappa shape index (κ1) is 11.0. The molecule has 15 heavy (non-hydrogen) atoms. The molecule has 1 rings (SSSR count). The summed E-state index contributed by atoms with van der Waals surface area (Å²) >= 11 is 0. The fraction of sp³-hybridized carbons (Fsp3) is 0.429. The minimum atomic E-state index is -0.683. The van der Waals surface area contributed by atoms with Gasteiger partial charge in [-0.3, -0.25) is 10.1 Å². The Kier molecular flexibility index (Phi) is 3.21. The first-order valence-corrected chi connectivity index (χ1v) is 3.82. The van der Waals surface area contributed by atoms with Crippen LogP contribution < -0.4 is 14.2 Å². The van der Waals surface area contributed by atoms with Crippen LogP contribution in [0.4, 0.5) is 5.69 Å². The number of nitrogens with zero attached hydrogens (tertiary/aromatic N) is 3. The Morgan fingerprint density at radius 3 is 1.80 bits per heavy atom. The van der Waals surface area contributed by atoms with Gasteiger partial charge in [-0.1, -0.05) is 0 Å². The first-order chi connectivity index (χ1) is 7.13. The van der Waals surface area contributed by atoms with Crippen molar-refractivity contribution in [2.24, 2.45) is 0 Å². The lowest BCUT2D eigenvalue weighted by Gasteiger charge is -2.05. The van der Waals surface area contributed by atoms with E-state index < -0.39 is 10.6 Å². The molecule has 0 aliphatic heterocycles. The highest BCUT2D eigenvalue weighted by molar-refractivity contribution is 5.50. The molecule has 0 N–H and O–H groups in total. The molecule has 0 unspecified atom stereocenters. The molecule has 8 heteroatoms. The smallest absolute Gasteiger partial charge is 0.392 e. The van der Waals surface area contributed by atoms with Crippen molar-refractivity contribution in [1.82, 2.24) is 9.97 Å². The largest absolute Gasteiger partial charge is 0.476 e. The van der Waals surface area contributed by atoms with Gasteiger partial charge in [0.05, 0.1) is 26.3 Å². The minimum absolute atomic E-state index is 0.0608. The van der Waals surface area contributed by atoms with Crippen LogP contribution in [0.3, 0.4) is 0 Å². The molecule has 0 radical (unpaired) electrons. The summed E-state index contributed by atoms with van der Waals surface area (Å²) in [5.74, 6) is -0.410. The van der Waals surface area contributed by atoms with Crippen LogP contribution in [0.1, 0.15) is 0 Å². The van der Waals surface area contributed by atoms with Gasteiger partial charge >= 0.3 is 23.5 Å². The Bertz CT molecular complexity index is 356. The summed E-state index contributed by atoms with van der Waals surface area (Å²) in [6.07, 6.45) is 0. The minimum Gasteiger partial charge on any atom is -0.476 e. The molecule has 0 saturated heterocycles. The van der Waals surface area contributed by atoms with Gasteiger partial charge in [-0.2, -0.15) is 9.97 Å². The molecule has 0 atom stereocenters. The van der Waals surface area contributed by atoms with E-state index in [2.05, 4.69) is 9.97 Å². The fourth-order valence-electron chi connectivity index (χ4n) is 0.928. The Morgan fingerprint density at radius 2 is 1.53 bits per heavy atom. The number of methoxy groups -OCH3 is 3. The molecule has 0 amide bonds. The van der Waals surface area contributed by atoms with Gasteiger partial charge in [0, 0.05) is 0 Å². The number of ether oxygens (including phenoxy) is 3. The van der Waals surface area contributed by atoms with Gasteiger partial charge in [-0.05, 0) is 0 Å². The quantitative estimate of drug-likeness (QED) is 0.530. The number of hydrogen-bond acceptors (Lipinski definition) is 7. The van der Waals surface area contributed by atoms with Crippen LogP contribution in [0, 0.1) is 10.1 Å². The maximum Gasteiger partial charge on any atom is 0.392 e. The molecule has 1 heterocycles. The van der Waals surface area contributed by atoms with E-state index >= 15 is 0 Å². The summed E-state index contributed by atoms with van der Waals surface area (Å²) in [7, 11) is 3.85. The SMILES string of the molecule is COc1nc(OC)c([N+](=O)[O-])c(OC)n1. The lowest BCUT2D eigenvalue weighted by molar-refractivity contribution is -0.387. The van der Waals surface area contributed by atoms with E-state index in [-0.39, 0.29) is 17.8 Å². The lowest BCUT2D eigenvalue weighted by atomic mass is 10.5. The van der Waals surface area contributed by atoms with Crippen LogP contribution in [0.2, 0.25) is 0 Å².